The van der Waals surface area contributed by atoms with Crippen LogP contribution in [0.15, 0.2) is 0 Å². The molecule has 0 saturated carbocycles. The molecular formula is C15H33NO3S. The Bertz CT molecular complexity index is 386. The number of nitrogens with one attached hydrogen (secondary N) is 1. The fraction of sp³-hybridized carbons (Fsp3) is 1.00. The van der Waals surface area contributed by atoms with Gasteiger partial charge in [-0.15, -0.1) is 0 Å². The number of sulfonamides is 1. The molecule has 0 heterocycles. The van der Waals surface area contributed by atoms with Gasteiger partial charge in [0.1, 0.15) is 0 Å². The van der Waals surface area contributed by atoms with Gasteiger partial charge in [-0.1, -0.05) is 48.0 Å². The number of aliphatic hydroxyl groups is 1. The standard InChI is InChI=1S/C15H33NO3S/c1-13(2,3)10-8-9-11-20(18,19)16-12-15(7,17)14(4,5)6/h16-17H,8-12H2,1-7H3/t15-/m1/s1. The molecule has 0 aromatic carbocycles. The van der Waals surface area contributed by atoms with Gasteiger partial charge in [0.25, 0.3) is 0 Å². The van der Waals surface area contributed by atoms with Crippen LogP contribution in [-0.2, 0) is 10.0 Å². The van der Waals surface area contributed by atoms with Crippen molar-refractivity contribution in [3.05, 3.63) is 0 Å². The van der Waals surface area contributed by atoms with E-state index in [0.29, 0.717) is 6.42 Å². The van der Waals surface area contributed by atoms with E-state index in [4.69, 9.17) is 0 Å². The van der Waals surface area contributed by atoms with Gasteiger partial charge in [0.2, 0.25) is 10.0 Å². The quantitative estimate of drug-likeness (QED) is 0.711. The zero-order valence-electron chi connectivity index (χ0n) is 14.2. The molecule has 5 heteroatoms. The summed E-state index contributed by atoms with van der Waals surface area (Å²) in [6, 6.07) is 0. The predicted molar refractivity (Wildman–Crippen MR) is 85.2 cm³/mol. The van der Waals surface area contributed by atoms with Gasteiger partial charge in [0, 0.05) is 6.54 Å². The summed E-state index contributed by atoms with van der Waals surface area (Å²) in [5, 5.41) is 10.3. The minimum absolute atomic E-state index is 0.0537. The second kappa shape index (κ2) is 6.75. The topological polar surface area (TPSA) is 66.4 Å². The summed E-state index contributed by atoms with van der Waals surface area (Å²) in [4.78, 5) is 0. The Kier molecular flexibility index (Phi) is 6.71. The Morgan fingerprint density at radius 2 is 1.45 bits per heavy atom. The van der Waals surface area contributed by atoms with Crippen LogP contribution >= 0.6 is 0 Å². The van der Waals surface area contributed by atoms with E-state index in [2.05, 4.69) is 25.5 Å². The van der Waals surface area contributed by atoms with Gasteiger partial charge in [-0.25, -0.2) is 13.1 Å². The van der Waals surface area contributed by atoms with Gasteiger partial charge >= 0.3 is 0 Å². The Balaban J connectivity index is 4.22. The SMILES string of the molecule is CC(C)(C)CCCCS(=O)(=O)NC[C@@](C)(O)C(C)(C)C. The van der Waals surface area contributed by atoms with E-state index in [9.17, 15) is 13.5 Å². The number of rotatable bonds is 7. The van der Waals surface area contributed by atoms with Gasteiger partial charge in [-0.3, -0.25) is 0 Å². The highest BCUT2D eigenvalue weighted by Gasteiger charge is 2.35. The predicted octanol–water partition coefficient (Wildman–Crippen LogP) is 2.92. The average molecular weight is 308 g/mol. The number of unbranched alkanes of at least 4 members (excludes halogenated alkanes) is 1. The second-order valence-electron chi connectivity index (χ2n) is 8.18. The molecule has 0 aromatic rings. The third kappa shape index (κ3) is 8.22. The van der Waals surface area contributed by atoms with E-state index in [1.54, 1.807) is 6.92 Å². The number of hydrogen-bond acceptors (Lipinski definition) is 3. The second-order valence-corrected chi connectivity index (χ2v) is 10.1. The van der Waals surface area contributed by atoms with Crippen LogP contribution in [0.1, 0.15) is 67.7 Å². The third-order valence-electron chi connectivity index (χ3n) is 3.84. The fourth-order valence-electron chi connectivity index (χ4n) is 1.54. The number of hydrogen-bond donors (Lipinski definition) is 2. The molecule has 0 unspecified atom stereocenters. The van der Waals surface area contributed by atoms with Crippen LogP contribution in [0.4, 0.5) is 0 Å². The molecule has 122 valence electrons. The minimum atomic E-state index is -3.30. The lowest BCUT2D eigenvalue weighted by Gasteiger charge is -2.37. The molecule has 0 aliphatic rings. The van der Waals surface area contributed by atoms with Crippen LogP contribution < -0.4 is 4.72 Å². The van der Waals surface area contributed by atoms with Crippen molar-refractivity contribution in [2.75, 3.05) is 12.3 Å². The van der Waals surface area contributed by atoms with Crippen molar-refractivity contribution in [1.82, 2.24) is 4.72 Å². The summed E-state index contributed by atoms with van der Waals surface area (Å²) in [6.07, 6.45) is 2.58. The van der Waals surface area contributed by atoms with E-state index in [0.717, 1.165) is 12.8 Å². The summed E-state index contributed by atoms with van der Waals surface area (Å²) in [7, 11) is -3.30. The Labute approximate surface area is 125 Å². The maximum atomic E-state index is 11.9. The van der Waals surface area contributed by atoms with E-state index in [1.165, 1.54) is 0 Å². The molecule has 2 N–H and O–H groups in total. The average Bonchev–Trinajstić information content (AvgIpc) is 2.19. The first kappa shape index (κ1) is 19.9. The molecule has 0 amide bonds. The molecule has 0 aliphatic heterocycles. The van der Waals surface area contributed by atoms with Crippen molar-refractivity contribution in [2.24, 2.45) is 10.8 Å². The highest BCUT2D eigenvalue weighted by molar-refractivity contribution is 7.89. The highest BCUT2D eigenvalue weighted by atomic mass is 32.2. The molecule has 0 saturated heterocycles. The smallest absolute Gasteiger partial charge is 0.211 e. The monoisotopic (exact) mass is 307 g/mol. The summed E-state index contributed by atoms with van der Waals surface area (Å²) >= 11 is 0. The lowest BCUT2D eigenvalue weighted by atomic mass is 9.78. The molecule has 0 fully saturated rings. The lowest BCUT2D eigenvalue weighted by Crippen LogP contribution is -2.49. The summed E-state index contributed by atoms with van der Waals surface area (Å²) in [5.41, 5.74) is -1.19. The van der Waals surface area contributed by atoms with Crippen LogP contribution in [0, 0.1) is 10.8 Å². The van der Waals surface area contributed by atoms with Crippen molar-refractivity contribution in [3.8, 4) is 0 Å². The molecule has 20 heavy (non-hydrogen) atoms. The van der Waals surface area contributed by atoms with Crippen molar-refractivity contribution in [2.45, 2.75) is 73.3 Å². The molecule has 4 nitrogen and oxygen atoms in total. The largest absolute Gasteiger partial charge is 0.388 e. The minimum Gasteiger partial charge on any atom is -0.388 e. The lowest BCUT2D eigenvalue weighted by molar-refractivity contribution is -0.0355. The van der Waals surface area contributed by atoms with E-state index in [1.807, 2.05) is 20.8 Å². The summed E-state index contributed by atoms with van der Waals surface area (Å²) < 4.78 is 26.3. The Hall–Kier alpha value is -0.130. The van der Waals surface area contributed by atoms with E-state index >= 15 is 0 Å². The van der Waals surface area contributed by atoms with Gasteiger partial charge in [-0.2, -0.15) is 0 Å². The fourth-order valence-corrected chi connectivity index (χ4v) is 2.76. The molecule has 0 radical (unpaired) electrons. The van der Waals surface area contributed by atoms with Crippen molar-refractivity contribution >= 4 is 10.0 Å². The zero-order chi connectivity index (χ0) is 16.2. The van der Waals surface area contributed by atoms with Gasteiger partial charge in [0.05, 0.1) is 11.4 Å². The highest BCUT2D eigenvalue weighted by Crippen LogP contribution is 2.29. The summed E-state index contributed by atoms with van der Waals surface area (Å²) in [5.74, 6) is 0.128. The normalized spacial score (nSPS) is 17.0. The maximum absolute atomic E-state index is 11.9. The summed E-state index contributed by atoms with van der Waals surface area (Å²) in [6.45, 7) is 13.9. The van der Waals surface area contributed by atoms with Gasteiger partial charge in [-0.05, 0) is 30.6 Å². The third-order valence-corrected chi connectivity index (χ3v) is 5.25. The van der Waals surface area contributed by atoms with Crippen LogP contribution in [-0.4, -0.2) is 31.4 Å². The molecule has 0 spiro atoms. The van der Waals surface area contributed by atoms with Crippen LogP contribution in [0.25, 0.3) is 0 Å². The van der Waals surface area contributed by atoms with Crippen molar-refractivity contribution < 1.29 is 13.5 Å². The molecule has 0 aromatic heterocycles. The maximum Gasteiger partial charge on any atom is 0.211 e. The molecule has 0 aliphatic carbocycles. The Morgan fingerprint density at radius 1 is 0.950 bits per heavy atom. The van der Waals surface area contributed by atoms with Crippen LogP contribution in [0.2, 0.25) is 0 Å². The van der Waals surface area contributed by atoms with E-state index in [-0.39, 0.29) is 23.1 Å². The van der Waals surface area contributed by atoms with Gasteiger partial charge in [0.15, 0.2) is 0 Å². The molecule has 0 rings (SSSR count). The Morgan fingerprint density at radius 3 is 1.85 bits per heavy atom. The van der Waals surface area contributed by atoms with Crippen molar-refractivity contribution in [3.63, 3.8) is 0 Å². The van der Waals surface area contributed by atoms with Crippen LogP contribution in [0.3, 0.4) is 0 Å². The zero-order valence-corrected chi connectivity index (χ0v) is 15.0. The first-order valence-electron chi connectivity index (χ1n) is 7.36. The first-order valence-corrected chi connectivity index (χ1v) is 9.01. The van der Waals surface area contributed by atoms with Crippen molar-refractivity contribution in [1.29, 1.82) is 0 Å². The first-order chi connectivity index (χ1) is 8.66. The molecule has 1 atom stereocenters. The van der Waals surface area contributed by atoms with Gasteiger partial charge < -0.3 is 5.11 Å². The molecular weight excluding hydrogens is 274 g/mol. The molecule has 0 bridgehead atoms. The van der Waals surface area contributed by atoms with E-state index < -0.39 is 15.6 Å². The van der Waals surface area contributed by atoms with Crippen LogP contribution in [0.5, 0.6) is 0 Å².